The highest BCUT2D eigenvalue weighted by Crippen LogP contribution is 2.22. The Bertz CT molecular complexity index is 461. The second-order valence-electron chi connectivity index (χ2n) is 7.08. The molecule has 0 aliphatic carbocycles. The number of rotatable bonds is 3. The Balaban J connectivity index is 1.91. The van der Waals surface area contributed by atoms with E-state index in [2.05, 4.69) is 48.5 Å². The predicted molar refractivity (Wildman–Crippen MR) is 80.6 cm³/mol. The fraction of sp³-hybridized carbons (Fsp3) is 0.733. The van der Waals surface area contributed by atoms with Crippen LogP contribution in [-0.4, -0.2) is 28.7 Å². The third-order valence-corrected chi connectivity index (χ3v) is 3.60. The van der Waals surface area contributed by atoms with E-state index in [0.717, 1.165) is 31.5 Å². The van der Waals surface area contributed by atoms with Crippen molar-refractivity contribution in [2.75, 3.05) is 11.9 Å². The molecule has 20 heavy (non-hydrogen) atoms. The molecule has 0 saturated carbocycles. The molecule has 1 amide bonds. The van der Waals surface area contributed by atoms with Gasteiger partial charge in [-0.3, -0.25) is 9.89 Å². The molecule has 5 heteroatoms. The average molecular weight is 278 g/mol. The Kier molecular flexibility index (Phi) is 4.48. The van der Waals surface area contributed by atoms with Crippen molar-refractivity contribution in [3.63, 3.8) is 0 Å². The molecule has 3 N–H and O–H groups in total. The predicted octanol–water partition coefficient (Wildman–Crippen LogP) is 2.32. The number of piperidine rings is 1. The number of hydrogen-bond donors (Lipinski definition) is 3. The minimum absolute atomic E-state index is 0.0900. The molecule has 2 atom stereocenters. The number of aromatic nitrogens is 2. The number of carbonyl (C=O) groups excluding carboxylic acids is 1. The maximum absolute atomic E-state index is 12.2. The van der Waals surface area contributed by atoms with Crippen LogP contribution in [-0.2, 0) is 11.2 Å². The summed E-state index contributed by atoms with van der Waals surface area (Å²) < 4.78 is 0. The molecule has 1 aromatic heterocycles. The second-order valence-corrected chi connectivity index (χ2v) is 7.08. The first kappa shape index (κ1) is 15.0. The zero-order valence-corrected chi connectivity index (χ0v) is 12.9. The Morgan fingerprint density at radius 2 is 2.25 bits per heavy atom. The molecule has 0 radical (unpaired) electrons. The van der Waals surface area contributed by atoms with E-state index in [1.54, 1.807) is 0 Å². The van der Waals surface area contributed by atoms with Gasteiger partial charge in [-0.1, -0.05) is 20.8 Å². The highest BCUT2D eigenvalue weighted by Gasteiger charge is 2.25. The van der Waals surface area contributed by atoms with E-state index in [-0.39, 0.29) is 17.2 Å². The number of nitrogens with zero attached hydrogens (tertiary/aromatic N) is 1. The first-order valence-corrected chi connectivity index (χ1v) is 7.42. The van der Waals surface area contributed by atoms with E-state index in [0.29, 0.717) is 11.9 Å². The topological polar surface area (TPSA) is 69.8 Å². The molecule has 5 nitrogen and oxygen atoms in total. The standard InChI is InChI=1S/C15H26N4O/c1-10-7-11(5-6-16-10)14(20)17-13-8-12(18-19-13)9-15(2,3)4/h8,10-11,16H,5-7,9H2,1-4H3,(H2,17,18,19,20)/t10-,11-/m0/s1. The molecule has 1 aliphatic heterocycles. The van der Waals surface area contributed by atoms with Gasteiger partial charge in [0, 0.05) is 23.7 Å². The molecular formula is C15H26N4O. The van der Waals surface area contributed by atoms with Crippen LogP contribution in [0.3, 0.4) is 0 Å². The lowest BCUT2D eigenvalue weighted by molar-refractivity contribution is -0.120. The zero-order chi connectivity index (χ0) is 14.8. The van der Waals surface area contributed by atoms with Crippen molar-refractivity contribution in [3.05, 3.63) is 11.8 Å². The summed E-state index contributed by atoms with van der Waals surface area (Å²) >= 11 is 0. The van der Waals surface area contributed by atoms with Crippen LogP contribution in [0.15, 0.2) is 6.07 Å². The van der Waals surface area contributed by atoms with Gasteiger partial charge in [-0.05, 0) is 38.1 Å². The molecule has 0 bridgehead atoms. The number of anilines is 1. The van der Waals surface area contributed by atoms with Crippen LogP contribution in [0.4, 0.5) is 5.82 Å². The first-order chi connectivity index (χ1) is 9.33. The minimum atomic E-state index is 0.0900. The van der Waals surface area contributed by atoms with Crippen LogP contribution < -0.4 is 10.6 Å². The van der Waals surface area contributed by atoms with E-state index in [9.17, 15) is 4.79 Å². The third kappa shape index (κ3) is 4.34. The summed E-state index contributed by atoms with van der Waals surface area (Å²) in [5.41, 5.74) is 1.27. The molecule has 2 rings (SSSR count). The Hall–Kier alpha value is -1.36. The van der Waals surface area contributed by atoms with Gasteiger partial charge in [-0.25, -0.2) is 0 Å². The fourth-order valence-electron chi connectivity index (χ4n) is 2.69. The number of aromatic amines is 1. The molecule has 112 valence electrons. The van der Waals surface area contributed by atoms with Crippen LogP contribution in [0.1, 0.15) is 46.2 Å². The van der Waals surface area contributed by atoms with Crippen LogP contribution >= 0.6 is 0 Å². The van der Waals surface area contributed by atoms with Gasteiger partial charge in [-0.15, -0.1) is 0 Å². The van der Waals surface area contributed by atoms with E-state index < -0.39 is 0 Å². The normalized spacial score (nSPS) is 23.6. The Morgan fingerprint density at radius 3 is 2.90 bits per heavy atom. The first-order valence-electron chi connectivity index (χ1n) is 7.42. The lowest BCUT2D eigenvalue weighted by atomic mass is 9.90. The van der Waals surface area contributed by atoms with E-state index >= 15 is 0 Å². The summed E-state index contributed by atoms with van der Waals surface area (Å²) in [4.78, 5) is 12.2. The summed E-state index contributed by atoms with van der Waals surface area (Å²) in [6, 6.07) is 2.35. The van der Waals surface area contributed by atoms with E-state index in [1.165, 1.54) is 0 Å². The van der Waals surface area contributed by atoms with E-state index in [1.807, 2.05) is 6.07 Å². The summed E-state index contributed by atoms with van der Waals surface area (Å²) in [6.45, 7) is 9.58. The molecule has 2 heterocycles. The van der Waals surface area contributed by atoms with Gasteiger partial charge in [0.15, 0.2) is 5.82 Å². The van der Waals surface area contributed by atoms with Crippen molar-refractivity contribution in [2.24, 2.45) is 11.3 Å². The van der Waals surface area contributed by atoms with Crippen LogP contribution in [0, 0.1) is 11.3 Å². The quantitative estimate of drug-likeness (QED) is 0.794. The van der Waals surface area contributed by atoms with Gasteiger partial charge in [0.1, 0.15) is 0 Å². The van der Waals surface area contributed by atoms with Crippen molar-refractivity contribution in [1.29, 1.82) is 0 Å². The van der Waals surface area contributed by atoms with Crippen molar-refractivity contribution < 1.29 is 4.79 Å². The molecule has 1 aliphatic rings. The molecule has 0 aromatic carbocycles. The Labute approximate surface area is 120 Å². The maximum Gasteiger partial charge on any atom is 0.228 e. The van der Waals surface area contributed by atoms with Crippen LogP contribution in [0.2, 0.25) is 0 Å². The highest BCUT2D eigenvalue weighted by molar-refractivity contribution is 5.91. The molecule has 0 unspecified atom stereocenters. The Morgan fingerprint density at radius 1 is 1.50 bits per heavy atom. The molecular weight excluding hydrogens is 252 g/mol. The van der Waals surface area contributed by atoms with Gasteiger partial charge < -0.3 is 10.6 Å². The lowest BCUT2D eigenvalue weighted by Crippen LogP contribution is -2.40. The minimum Gasteiger partial charge on any atom is -0.314 e. The average Bonchev–Trinajstić information content (AvgIpc) is 2.74. The van der Waals surface area contributed by atoms with Crippen LogP contribution in [0.25, 0.3) is 0 Å². The SMILES string of the molecule is C[C@H]1C[C@@H](C(=O)Nc2cc(CC(C)(C)C)[nH]n2)CCN1. The zero-order valence-electron chi connectivity index (χ0n) is 12.9. The van der Waals surface area contributed by atoms with Crippen molar-refractivity contribution in [2.45, 2.75) is 53.0 Å². The van der Waals surface area contributed by atoms with Gasteiger partial charge in [-0.2, -0.15) is 5.10 Å². The number of amides is 1. The van der Waals surface area contributed by atoms with E-state index in [4.69, 9.17) is 0 Å². The number of carbonyl (C=O) groups is 1. The number of hydrogen-bond acceptors (Lipinski definition) is 3. The van der Waals surface area contributed by atoms with Gasteiger partial charge in [0.2, 0.25) is 5.91 Å². The van der Waals surface area contributed by atoms with Crippen LogP contribution in [0.5, 0.6) is 0 Å². The van der Waals surface area contributed by atoms with Crippen molar-refractivity contribution in [1.82, 2.24) is 15.5 Å². The summed E-state index contributed by atoms with van der Waals surface area (Å²) in [7, 11) is 0. The van der Waals surface area contributed by atoms with Gasteiger partial charge >= 0.3 is 0 Å². The third-order valence-electron chi connectivity index (χ3n) is 3.60. The number of nitrogens with one attached hydrogen (secondary N) is 3. The fourth-order valence-corrected chi connectivity index (χ4v) is 2.69. The maximum atomic E-state index is 12.2. The summed E-state index contributed by atoms with van der Waals surface area (Å²) in [5, 5.41) is 13.5. The van der Waals surface area contributed by atoms with Gasteiger partial charge in [0.25, 0.3) is 0 Å². The highest BCUT2D eigenvalue weighted by atomic mass is 16.2. The smallest absolute Gasteiger partial charge is 0.228 e. The second kappa shape index (κ2) is 5.95. The molecule has 1 aromatic rings. The molecule has 1 fully saturated rings. The monoisotopic (exact) mass is 278 g/mol. The summed E-state index contributed by atoms with van der Waals surface area (Å²) in [5.74, 6) is 0.821. The summed E-state index contributed by atoms with van der Waals surface area (Å²) in [6.07, 6.45) is 2.71. The number of H-pyrrole nitrogens is 1. The van der Waals surface area contributed by atoms with Gasteiger partial charge in [0.05, 0.1) is 0 Å². The molecule has 1 saturated heterocycles. The lowest BCUT2D eigenvalue weighted by Gasteiger charge is -2.26. The molecule has 0 spiro atoms. The largest absolute Gasteiger partial charge is 0.314 e. The van der Waals surface area contributed by atoms with Crippen molar-refractivity contribution in [3.8, 4) is 0 Å². The van der Waals surface area contributed by atoms with Crippen molar-refractivity contribution >= 4 is 11.7 Å².